The Kier molecular flexibility index (Phi) is 4.83. The van der Waals surface area contributed by atoms with Gasteiger partial charge in [0.25, 0.3) is 0 Å². The summed E-state index contributed by atoms with van der Waals surface area (Å²) in [5.74, 6) is 0. The molecule has 0 fully saturated rings. The molecule has 1 atom stereocenters. The molecule has 16 heavy (non-hydrogen) atoms. The van der Waals surface area contributed by atoms with E-state index in [-0.39, 0.29) is 11.6 Å². The van der Waals surface area contributed by atoms with Gasteiger partial charge in [0.15, 0.2) is 0 Å². The Balaban J connectivity index is 2.61. The van der Waals surface area contributed by atoms with Crippen molar-refractivity contribution in [1.82, 2.24) is 15.3 Å². The molecule has 0 aliphatic carbocycles. The zero-order chi connectivity index (χ0) is 12.0. The zero-order valence-electron chi connectivity index (χ0n) is 10.5. The number of aromatic nitrogens is 2. The molecule has 4 heteroatoms. The third-order valence-corrected chi connectivity index (χ3v) is 2.12. The maximum absolute atomic E-state index is 5.78. The summed E-state index contributed by atoms with van der Waals surface area (Å²) in [6.07, 6.45) is 5.19. The van der Waals surface area contributed by atoms with Crippen LogP contribution < -0.4 is 5.32 Å². The highest BCUT2D eigenvalue weighted by Crippen LogP contribution is 2.15. The van der Waals surface area contributed by atoms with Gasteiger partial charge >= 0.3 is 0 Å². The molecule has 0 bridgehead atoms. The second kappa shape index (κ2) is 5.92. The summed E-state index contributed by atoms with van der Waals surface area (Å²) in [6.45, 7) is 9.76. The van der Waals surface area contributed by atoms with E-state index in [1.54, 1.807) is 0 Å². The van der Waals surface area contributed by atoms with Gasteiger partial charge in [-0.1, -0.05) is 6.92 Å². The minimum absolute atomic E-state index is 0.122. The lowest BCUT2D eigenvalue weighted by Gasteiger charge is -2.24. The molecule has 0 amide bonds. The van der Waals surface area contributed by atoms with Gasteiger partial charge in [-0.15, -0.1) is 0 Å². The molecular weight excluding hydrogens is 202 g/mol. The van der Waals surface area contributed by atoms with Crippen molar-refractivity contribution >= 4 is 0 Å². The van der Waals surface area contributed by atoms with Crippen molar-refractivity contribution in [2.45, 2.75) is 39.3 Å². The summed E-state index contributed by atoms with van der Waals surface area (Å²) >= 11 is 0. The molecule has 0 saturated carbocycles. The second-order valence-electron chi connectivity index (χ2n) is 4.71. The molecule has 1 unspecified atom stereocenters. The van der Waals surface area contributed by atoms with E-state index >= 15 is 0 Å². The summed E-state index contributed by atoms with van der Waals surface area (Å²) < 4.78 is 5.78. The monoisotopic (exact) mass is 223 g/mol. The average Bonchev–Trinajstić information content (AvgIpc) is 2.24. The molecule has 0 aliphatic heterocycles. The third kappa shape index (κ3) is 4.68. The highest BCUT2D eigenvalue weighted by atomic mass is 16.5. The molecular formula is C12H21N3O. The molecule has 0 saturated heterocycles. The van der Waals surface area contributed by atoms with Crippen molar-refractivity contribution in [2.75, 3.05) is 13.2 Å². The van der Waals surface area contributed by atoms with E-state index < -0.39 is 0 Å². The molecule has 1 rings (SSSR count). The summed E-state index contributed by atoms with van der Waals surface area (Å²) in [5, 5.41) is 3.37. The van der Waals surface area contributed by atoms with Gasteiger partial charge in [-0.3, -0.25) is 0 Å². The summed E-state index contributed by atoms with van der Waals surface area (Å²) in [4.78, 5) is 8.05. The van der Waals surface area contributed by atoms with Crippen molar-refractivity contribution in [3.8, 4) is 0 Å². The number of likely N-dealkylation sites (N-methyl/N-ethyl adjacent to an activating group) is 1. The van der Waals surface area contributed by atoms with E-state index in [1.807, 2.05) is 12.4 Å². The summed E-state index contributed by atoms with van der Waals surface area (Å²) in [5.41, 5.74) is 0.942. The topological polar surface area (TPSA) is 47.0 Å². The first kappa shape index (κ1) is 13.1. The van der Waals surface area contributed by atoms with Gasteiger partial charge in [-0.05, 0) is 27.3 Å². The van der Waals surface area contributed by atoms with Gasteiger partial charge < -0.3 is 10.1 Å². The number of hydrogen-bond donors (Lipinski definition) is 1. The van der Waals surface area contributed by atoms with Crippen molar-refractivity contribution in [3.63, 3.8) is 0 Å². The predicted octanol–water partition coefficient (Wildman–Crippen LogP) is 1.94. The van der Waals surface area contributed by atoms with Gasteiger partial charge in [0, 0.05) is 18.0 Å². The zero-order valence-corrected chi connectivity index (χ0v) is 10.5. The van der Waals surface area contributed by atoms with E-state index in [0.29, 0.717) is 6.61 Å². The van der Waals surface area contributed by atoms with Gasteiger partial charge in [0.2, 0.25) is 0 Å². The Labute approximate surface area is 97.5 Å². The Morgan fingerprint density at radius 2 is 1.94 bits per heavy atom. The fraction of sp³-hybridized carbons (Fsp3) is 0.667. The number of hydrogen-bond acceptors (Lipinski definition) is 4. The quantitative estimate of drug-likeness (QED) is 0.828. The molecule has 1 heterocycles. The predicted molar refractivity (Wildman–Crippen MR) is 64.2 cm³/mol. The minimum Gasteiger partial charge on any atom is -0.374 e. The van der Waals surface area contributed by atoms with Crippen molar-refractivity contribution in [3.05, 3.63) is 24.3 Å². The second-order valence-corrected chi connectivity index (χ2v) is 4.71. The van der Waals surface area contributed by atoms with Gasteiger partial charge in [0.1, 0.15) is 6.33 Å². The fourth-order valence-electron chi connectivity index (χ4n) is 1.34. The number of ether oxygens (including phenoxy) is 1. The van der Waals surface area contributed by atoms with Gasteiger partial charge in [-0.25, -0.2) is 9.97 Å². The standard InChI is InChI=1S/C12H21N3O/c1-5-15-11(8-16-12(2,3)4)10-6-13-9-14-7-10/h6-7,9,11,15H,5,8H2,1-4H3. The summed E-state index contributed by atoms with van der Waals surface area (Å²) in [6, 6.07) is 0.158. The SMILES string of the molecule is CCNC(COC(C)(C)C)c1cncnc1. The molecule has 90 valence electrons. The Morgan fingerprint density at radius 3 is 2.44 bits per heavy atom. The maximum atomic E-state index is 5.78. The van der Waals surface area contributed by atoms with Crippen LogP contribution in [0.1, 0.15) is 39.3 Å². The van der Waals surface area contributed by atoms with E-state index in [2.05, 4.69) is 43.0 Å². The van der Waals surface area contributed by atoms with E-state index in [9.17, 15) is 0 Å². The van der Waals surface area contributed by atoms with E-state index in [4.69, 9.17) is 4.74 Å². The Bertz CT molecular complexity index is 295. The number of nitrogens with one attached hydrogen (secondary N) is 1. The number of rotatable bonds is 5. The first-order valence-electron chi connectivity index (χ1n) is 5.65. The van der Waals surface area contributed by atoms with Crippen LogP contribution in [-0.4, -0.2) is 28.7 Å². The Morgan fingerprint density at radius 1 is 1.31 bits per heavy atom. The molecule has 1 aromatic heterocycles. The van der Waals surface area contributed by atoms with Crippen LogP contribution in [0.5, 0.6) is 0 Å². The molecule has 1 N–H and O–H groups in total. The summed E-state index contributed by atoms with van der Waals surface area (Å²) in [7, 11) is 0. The van der Waals surface area contributed by atoms with Crippen LogP contribution in [0.15, 0.2) is 18.7 Å². The van der Waals surface area contributed by atoms with Gasteiger partial charge in [0.05, 0.1) is 18.2 Å². The Hall–Kier alpha value is -1.00. The smallest absolute Gasteiger partial charge is 0.115 e. The van der Waals surface area contributed by atoms with Crippen LogP contribution in [0.2, 0.25) is 0 Å². The van der Waals surface area contributed by atoms with Crippen molar-refractivity contribution in [1.29, 1.82) is 0 Å². The first-order chi connectivity index (χ1) is 7.53. The van der Waals surface area contributed by atoms with Crippen LogP contribution in [-0.2, 0) is 4.74 Å². The van der Waals surface area contributed by atoms with Crippen LogP contribution in [0.25, 0.3) is 0 Å². The van der Waals surface area contributed by atoms with Crippen LogP contribution in [0.4, 0.5) is 0 Å². The highest BCUT2D eigenvalue weighted by Gasteiger charge is 2.16. The lowest BCUT2D eigenvalue weighted by atomic mass is 10.1. The van der Waals surface area contributed by atoms with Crippen LogP contribution in [0, 0.1) is 0 Å². The lowest BCUT2D eigenvalue weighted by molar-refractivity contribution is -0.0147. The molecule has 4 nitrogen and oxygen atoms in total. The van der Waals surface area contributed by atoms with E-state index in [0.717, 1.165) is 12.1 Å². The highest BCUT2D eigenvalue weighted by molar-refractivity contribution is 5.09. The maximum Gasteiger partial charge on any atom is 0.115 e. The van der Waals surface area contributed by atoms with Crippen LogP contribution >= 0.6 is 0 Å². The van der Waals surface area contributed by atoms with Crippen molar-refractivity contribution < 1.29 is 4.74 Å². The molecule has 0 aromatic carbocycles. The lowest BCUT2D eigenvalue weighted by Crippen LogP contribution is -2.30. The average molecular weight is 223 g/mol. The molecule has 0 radical (unpaired) electrons. The minimum atomic E-state index is -0.122. The number of nitrogens with zero attached hydrogens (tertiary/aromatic N) is 2. The molecule has 0 aliphatic rings. The molecule has 0 spiro atoms. The van der Waals surface area contributed by atoms with E-state index in [1.165, 1.54) is 6.33 Å². The van der Waals surface area contributed by atoms with Crippen molar-refractivity contribution in [2.24, 2.45) is 0 Å². The largest absolute Gasteiger partial charge is 0.374 e. The van der Waals surface area contributed by atoms with Gasteiger partial charge in [-0.2, -0.15) is 0 Å². The van der Waals surface area contributed by atoms with Crippen LogP contribution in [0.3, 0.4) is 0 Å². The molecule has 1 aromatic rings. The third-order valence-electron chi connectivity index (χ3n) is 2.12. The normalized spacial score (nSPS) is 13.8. The first-order valence-corrected chi connectivity index (χ1v) is 5.65. The fourth-order valence-corrected chi connectivity index (χ4v) is 1.34.